The van der Waals surface area contributed by atoms with Crippen molar-refractivity contribution in [3.05, 3.63) is 23.8 Å². The number of nitrogens with one attached hydrogen (secondary N) is 1. The molecule has 2 heterocycles. The van der Waals surface area contributed by atoms with Crippen LogP contribution in [0.3, 0.4) is 0 Å². The molecular weight excluding hydrogens is 356 g/mol. The number of amides is 2. The molecule has 1 saturated heterocycles. The second-order valence-corrected chi connectivity index (χ2v) is 8.30. The topological polar surface area (TPSA) is 67.9 Å². The third-order valence-corrected chi connectivity index (χ3v) is 5.67. The molecule has 154 valence electrons. The van der Waals surface area contributed by atoms with Crippen molar-refractivity contribution in [2.24, 2.45) is 5.92 Å². The lowest BCUT2D eigenvalue weighted by atomic mass is 9.82. The van der Waals surface area contributed by atoms with Gasteiger partial charge in [0, 0.05) is 26.1 Å². The molecule has 28 heavy (non-hydrogen) atoms. The normalized spacial score (nSPS) is 19.2. The molecule has 2 amide bonds. The number of piperidine rings is 1. The number of carbonyl (C=O) groups is 2. The van der Waals surface area contributed by atoms with Crippen molar-refractivity contribution in [1.82, 2.24) is 10.2 Å². The van der Waals surface area contributed by atoms with Crippen LogP contribution in [0.25, 0.3) is 0 Å². The van der Waals surface area contributed by atoms with Crippen molar-refractivity contribution in [3.63, 3.8) is 0 Å². The molecule has 1 atom stereocenters. The maximum absolute atomic E-state index is 13.3. The van der Waals surface area contributed by atoms with Crippen molar-refractivity contribution in [3.8, 4) is 11.5 Å². The lowest BCUT2D eigenvalue weighted by Crippen LogP contribution is -2.49. The average molecular weight is 389 g/mol. The van der Waals surface area contributed by atoms with Crippen LogP contribution in [0.4, 0.5) is 0 Å². The SMILES string of the molecule is CCCC(=O)NCC1CCCN(C(=O)C(C)(C)c2ccc3c(c2)OCCO3)C1. The van der Waals surface area contributed by atoms with E-state index in [0.717, 1.165) is 37.1 Å². The zero-order valence-corrected chi connectivity index (χ0v) is 17.3. The minimum Gasteiger partial charge on any atom is -0.486 e. The molecule has 1 aromatic rings. The van der Waals surface area contributed by atoms with Crippen LogP contribution < -0.4 is 14.8 Å². The number of ether oxygens (including phenoxy) is 2. The van der Waals surface area contributed by atoms with Gasteiger partial charge in [-0.1, -0.05) is 13.0 Å². The van der Waals surface area contributed by atoms with Gasteiger partial charge in [0.05, 0.1) is 5.41 Å². The fourth-order valence-corrected chi connectivity index (χ4v) is 3.94. The first-order chi connectivity index (χ1) is 13.4. The Hall–Kier alpha value is -2.24. The van der Waals surface area contributed by atoms with E-state index in [1.165, 1.54) is 0 Å². The first-order valence-electron chi connectivity index (χ1n) is 10.4. The van der Waals surface area contributed by atoms with Crippen molar-refractivity contribution in [2.75, 3.05) is 32.8 Å². The molecule has 1 aromatic carbocycles. The number of rotatable bonds is 6. The molecule has 2 aliphatic rings. The molecule has 0 spiro atoms. The fraction of sp³-hybridized carbons (Fsp3) is 0.636. The summed E-state index contributed by atoms with van der Waals surface area (Å²) in [5.74, 6) is 1.98. The Balaban J connectivity index is 1.65. The van der Waals surface area contributed by atoms with Crippen LogP contribution >= 0.6 is 0 Å². The second-order valence-electron chi connectivity index (χ2n) is 8.30. The summed E-state index contributed by atoms with van der Waals surface area (Å²) in [4.78, 5) is 27.0. The maximum atomic E-state index is 13.3. The third-order valence-electron chi connectivity index (χ3n) is 5.67. The summed E-state index contributed by atoms with van der Waals surface area (Å²) in [5, 5.41) is 3.01. The van der Waals surface area contributed by atoms with E-state index in [1.807, 2.05) is 43.9 Å². The quantitative estimate of drug-likeness (QED) is 0.814. The van der Waals surface area contributed by atoms with Gasteiger partial charge in [-0.3, -0.25) is 9.59 Å². The predicted octanol–water partition coefficient (Wildman–Crippen LogP) is 2.89. The Morgan fingerprint density at radius 3 is 2.71 bits per heavy atom. The summed E-state index contributed by atoms with van der Waals surface area (Å²) in [6.07, 6.45) is 3.43. The van der Waals surface area contributed by atoms with Crippen molar-refractivity contribution >= 4 is 11.8 Å². The van der Waals surface area contributed by atoms with Crippen LogP contribution in [-0.2, 0) is 15.0 Å². The standard InChI is InChI=1S/C22H32N2O4/c1-4-6-20(25)23-14-16-7-5-10-24(15-16)21(26)22(2,3)17-8-9-18-19(13-17)28-12-11-27-18/h8-9,13,16H,4-7,10-12,14-15H2,1-3H3,(H,23,25). The van der Waals surface area contributed by atoms with Gasteiger partial charge in [-0.15, -0.1) is 0 Å². The monoisotopic (exact) mass is 388 g/mol. The summed E-state index contributed by atoms with van der Waals surface area (Å²) >= 11 is 0. The van der Waals surface area contributed by atoms with Gasteiger partial charge < -0.3 is 19.7 Å². The molecule has 6 heteroatoms. The summed E-state index contributed by atoms with van der Waals surface area (Å²) in [6, 6.07) is 5.78. The van der Waals surface area contributed by atoms with Gasteiger partial charge in [-0.2, -0.15) is 0 Å². The molecule has 3 rings (SSSR count). The number of likely N-dealkylation sites (tertiary alicyclic amines) is 1. The van der Waals surface area contributed by atoms with Gasteiger partial charge in [0.2, 0.25) is 11.8 Å². The van der Waals surface area contributed by atoms with Gasteiger partial charge >= 0.3 is 0 Å². The number of hydrogen-bond acceptors (Lipinski definition) is 4. The molecule has 2 aliphatic heterocycles. The zero-order valence-electron chi connectivity index (χ0n) is 17.3. The van der Waals surface area contributed by atoms with Crippen LogP contribution in [0.15, 0.2) is 18.2 Å². The number of hydrogen-bond donors (Lipinski definition) is 1. The summed E-state index contributed by atoms with van der Waals surface area (Å²) < 4.78 is 11.3. The van der Waals surface area contributed by atoms with Crippen LogP contribution in [0.5, 0.6) is 11.5 Å². The molecule has 0 radical (unpaired) electrons. The maximum Gasteiger partial charge on any atom is 0.232 e. The lowest BCUT2D eigenvalue weighted by molar-refractivity contribution is -0.138. The average Bonchev–Trinajstić information content (AvgIpc) is 2.71. The number of fused-ring (bicyclic) bond motifs is 1. The molecule has 1 N–H and O–H groups in total. The molecule has 1 unspecified atom stereocenters. The van der Waals surface area contributed by atoms with Crippen molar-refractivity contribution < 1.29 is 19.1 Å². The Kier molecular flexibility index (Phi) is 6.47. The fourth-order valence-electron chi connectivity index (χ4n) is 3.94. The highest BCUT2D eigenvalue weighted by atomic mass is 16.6. The Labute approximate surface area is 167 Å². The highest BCUT2D eigenvalue weighted by molar-refractivity contribution is 5.87. The summed E-state index contributed by atoms with van der Waals surface area (Å²) in [5.41, 5.74) is 0.281. The molecule has 6 nitrogen and oxygen atoms in total. The third kappa shape index (κ3) is 4.59. The van der Waals surface area contributed by atoms with E-state index in [1.54, 1.807) is 0 Å². The van der Waals surface area contributed by atoms with Gasteiger partial charge in [0.1, 0.15) is 13.2 Å². The highest BCUT2D eigenvalue weighted by Gasteiger charge is 2.36. The summed E-state index contributed by atoms with van der Waals surface area (Å²) in [6.45, 7) is 9.13. The predicted molar refractivity (Wildman–Crippen MR) is 108 cm³/mol. The number of benzene rings is 1. The van der Waals surface area contributed by atoms with E-state index in [4.69, 9.17) is 9.47 Å². The Morgan fingerprint density at radius 2 is 1.96 bits per heavy atom. The molecule has 0 aromatic heterocycles. The van der Waals surface area contributed by atoms with Crippen LogP contribution in [0.1, 0.15) is 52.0 Å². The van der Waals surface area contributed by atoms with Gasteiger partial charge in [0.25, 0.3) is 0 Å². The van der Waals surface area contributed by atoms with Gasteiger partial charge in [-0.25, -0.2) is 0 Å². The van der Waals surface area contributed by atoms with Gasteiger partial charge in [-0.05, 0) is 56.7 Å². The minimum absolute atomic E-state index is 0.0996. The first kappa shape index (κ1) is 20.5. The molecule has 0 saturated carbocycles. The van der Waals surface area contributed by atoms with Crippen molar-refractivity contribution in [1.29, 1.82) is 0 Å². The van der Waals surface area contributed by atoms with E-state index in [0.29, 0.717) is 44.4 Å². The summed E-state index contributed by atoms with van der Waals surface area (Å²) in [7, 11) is 0. The van der Waals surface area contributed by atoms with Gasteiger partial charge in [0.15, 0.2) is 11.5 Å². The lowest BCUT2D eigenvalue weighted by Gasteiger charge is -2.38. The molecule has 0 bridgehead atoms. The van der Waals surface area contributed by atoms with E-state index in [-0.39, 0.29) is 11.8 Å². The Bertz CT molecular complexity index is 716. The van der Waals surface area contributed by atoms with E-state index < -0.39 is 5.41 Å². The zero-order chi connectivity index (χ0) is 20.1. The smallest absolute Gasteiger partial charge is 0.232 e. The molecule has 0 aliphatic carbocycles. The number of carbonyl (C=O) groups excluding carboxylic acids is 2. The second kappa shape index (κ2) is 8.84. The molecule has 1 fully saturated rings. The molecular formula is C22H32N2O4. The van der Waals surface area contributed by atoms with Crippen LogP contribution in [0, 0.1) is 5.92 Å². The van der Waals surface area contributed by atoms with E-state index in [2.05, 4.69) is 5.32 Å². The van der Waals surface area contributed by atoms with Crippen molar-refractivity contribution in [2.45, 2.75) is 51.9 Å². The van der Waals surface area contributed by atoms with Crippen LogP contribution in [-0.4, -0.2) is 49.6 Å². The van der Waals surface area contributed by atoms with Crippen LogP contribution in [0.2, 0.25) is 0 Å². The minimum atomic E-state index is -0.650. The van der Waals surface area contributed by atoms with E-state index in [9.17, 15) is 9.59 Å². The number of nitrogens with zero attached hydrogens (tertiary/aromatic N) is 1. The largest absolute Gasteiger partial charge is 0.486 e. The Morgan fingerprint density at radius 1 is 1.21 bits per heavy atom. The van der Waals surface area contributed by atoms with E-state index >= 15 is 0 Å². The highest BCUT2D eigenvalue weighted by Crippen LogP contribution is 2.36. The first-order valence-corrected chi connectivity index (χ1v) is 10.4.